The van der Waals surface area contributed by atoms with Gasteiger partial charge in [0.05, 0.1) is 14.2 Å². The van der Waals surface area contributed by atoms with Crippen molar-refractivity contribution in [2.75, 3.05) is 14.2 Å². The zero-order chi connectivity index (χ0) is 11.4. The van der Waals surface area contributed by atoms with E-state index in [2.05, 4.69) is 0 Å². The van der Waals surface area contributed by atoms with Crippen LogP contribution in [-0.2, 0) is 6.54 Å². The summed E-state index contributed by atoms with van der Waals surface area (Å²) in [4.78, 5) is 10.9. The van der Waals surface area contributed by atoms with Gasteiger partial charge in [-0.05, 0) is 17.7 Å². The van der Waals surface area contributed by atoms with Crippen molar-refractivity contribution in [3.8, 4) is 11.5 Å². The van der Waals surface area contributed by atoms with Gasteiger partial charge in [0, 0.05) is 6.54 Å². The van der Waals surface area contributed by atoms with Crippen LogP contribution in [-0.4, -0.2) is 25.3 Å². The van der Waals surface area contributed by atoms with Gasteiger partial charge in [0.15, 0.2) is 11.5 Å². The molecule has 1 aromatic rings. The lowest BCUT2D eigenvalue weighted by Crippen LogP contribution is -2.06. The molecular formula is C10H13NO4. The molecule has 0 aliphatic rings. The highest BCUT2D eigenvalue weighted by Gasteiger charge is 2.17. The van der Waals surface area contributed by atoms with E-state index in [1.54, 1.807) is 6.07 Å². The van der Waals surface area contributed by atoms with Gasteiger partial charge in [-0.2, -0.15) is 0 Å². The minimum absolute atomic E-state index is 0.0531. The van der Waals surface area contributed by atoms with Crippen LogP contribution in [0.5, 0.6) is 11.5 Å². The molecule has 0 saturated carbocycles. The molecule has 0 radical (unpaired) electrons. The molecule has 5 heteroatoms. The van der Waals surface area contributed by atoms with Crippen molar-refractivity contribution in [1.82, 2.24) is 0 Å². The Hall–Kier alpha value is -1.75. The lowest BCUT2D eigenvalue weighted by atomic mass is 10.1. The fourth-order valence-electron chi connectivity index (χ4n) is 1.30. The first-order valence-corrected chi connectivity index (χ1v) is 4.32. The number of methoxy groups -OCH3 is 2. The molecule has 0 saturated heterocycles. The lowest BCUT2D eigenvalue weighted by molar-refractivity contribution is 0.0692. The van der Waals surface area contributed by atoms with Crippen LogP contribution in [0, 0.1) is 0 Å². The molecule has 0 aromatic heterocycles. The normalized spacial score (nSPS) is 9.80. The van der Waals surface area contributed by atoms with Gasteiger partial charge >= 0.3 is 5.97 Å². The van der Waals surface area contributed by atoms with Gasteiger partial charge in [-0.15, -0.1) is 0 Å². The Morgan fingerprint density at radius 1 is 1.40 bits per heavy atom. The number of hydrogen-bond donors (Lipinski definition) is 2. The van der Waals surface area contributed by atoms with Gasteiger partial charge in [0.2, 0.25) is 0 Å². The molecule has 0 amide bonds. The molecule has 1 rings (SSSR count). The maximum absolute atomic E-state index is 10.9. The Balaban J connectivity index is 3.39. The maximum Gasteiger partial charge on any atom is 0.339 e. The third-order valence-electron chi connectivity index (χ3n) is 2.00. The van der Waals surface area contributed by atoms with Crippen LogP contribution < -0.4 is 15.2 Å². The average molecular weight is 211 g/mol. The topological polar surface area (TPSA) is 81.8 Å². The third-order valence-corrected chi connectivity index (χ3v) is 2.00. The molecule has 82 valence electrons. The Bertz CT molecular complexity index is 376. The summed E-state index contributed by atoms with van der Waals surface area (Å²) < 4.78 is 10.0. The van der Waals surface area contributed by atoms with Crippen LogP contribution in [0.2, 0.25) is 0 Å². The molecule has 0 unspecified atom stereocenters. The number of carbonyl (C=O) groups is 1. The number of ether oxygens (including phenoxy) is 2. The number of benzene rings is 1. The number of rotatable bonds is 4. The number of aromatic carboxylic acids is 1. The number of carboxylic acid groups (broad SMARTS) is 1. The molecule has 3 N–H and O–H groups in total. The highest BCUT2D eigenvalue weighted by Crippen LogP contribution is 2.32. The molecular weight excluding hydrogens is 198 g/mol. The molecule has 0 spiro atoms. The molecule has 0 fully saturated rings. The maximum atomic E-state index is 10.9. The third kappa shape index (κ3) is 2.19. The van der Waals surface area contributed by atoms with Crippen molar-refractivity contribution in [2.24, 2.45) is 5.73 Å². The van der Waals surface area contributed by atoms with Gasteiger partial charge in [-0.3, -0.25) is 0 Å². The summed E-state index contributed by atoms with van der Waals surface area (Å²) in [5.41, 5.74) is 6.18. The molecule has 1 aromatic carbocycles. The zero-order valence-electron chi connectivity index (χ0n) is 8.61. The van der Waals surface area contributed by atoms with Gasteiger partial charge < -0.3 is 20.3 Å². The van der Waals surface area contributed by atoms with E-state index in [-0.39, 0.29) is 17.9 Å². The fraction of sp³-hybridized carbons (Fsp3) is 0.300. The monoisotopic (exact) mass is 211 g/mol. The Kier molecular flexibility index (Phi) is 3.51. The van der Waals surface area contributed by atoms with Gasteiger partial charge in [-0.25, -0.2) is 4.79 Å². The minimum atomic E-state index is -1.07. The van der Waals surface area contributed by atoms with Crippen LogP contribution in [0.1, 0.15) is 15.9 Å². The van der Waals surface area contributed by atoms with E-state index in [1.807, 2.05) is 0 Å². The second-order valence-corrected chi connectivity index (χ2v) is 2.89. The zero-order valence-corrected chi connectivity index (χ0v) is 8.61. The van der Waals surface area contributed by atoms with Crippen LogP contribution in [0.15, 0.2) is 12.1 Å². The SMILES string of the molecule is COc1cc(CN)cc(C(=O)O)c1OC. The van der Waals surface area contributed by atoms with E-state index in [9.17, 15) is 4.79 Å². The standard InChI is InChI=1S/C10H13NO4/c1-14-8-4-6(5-11)3-7(10(12)13)9(8)15-2/h3-4H,5,11H2,1-2H3,(H,12,13). The number of hydrogen-bond acceptors (Lipinski definition) is 4. The molecule has 0 aliphatic carbocycles. The Labute approximate surface area is 87.4 Å². The summed E-state index contributed by atoms with van der Waals surface area (Å²) in [6.45, 7) is 0.251. The second-order valence-electron chi connectivity index (χ2n) is 2.89. The second kappa shape index (κ2) is 4.65. The quantitative estimate of drug-likeness (QED) is 0.771. The first kappa shape index (κ1) is 11.3. The van der Waals surface area contributed by atoms with E-state index in [0.29, 0.717) is 11.3 Å². The van der Waals surface area contributed by atoms with E-state index >= 15 is 0 Å². The highest BCUT2D eigenvalue weighted by molar-refractivity contribution is 5.92. The van der Waals surface area contributed by atoms with Crippen LogP contribution in [0.4, 0.5) is 0 Å². The summed E-state index contributed by atoms with van der Waals surface area (Å²) in [7, 11) is 2.84. The molecule has 0 aliphatic heterocycles. The molecule has 15 heavy (non-hydrogen) atoms. The van der Waals surface area contributed by atoms with E-state index < -0.39 is 5.97 Å². The molecule has 0 heterocycles. The molecule has 5 nitrogen and oxygen atoms in total. The van der Waals surface area contributed by atoms with Crippen molar-refractivity contribution in [2.45, 2.75) is 6.54 Å². The summed E-state index contributed by atoms with van der Waals surface area (Å²) >= 11 is 0. The molecule has 0 bridgehead atoms. The Morgan fingerprint density at radius 3 is 2.47 bits per heavy atom. The predicted octanol–water partition coefficient (Wildman–Crippen LogP) is 0.861. The van der Waals surface area contributed by atoms with Crippen LogP contribution in [0.3, 0.4) is 0 Å². The predicted molar refractivity (Wildman–Crippen MR) is 54.4 cm³/mol. The van der Waals surface area contributed by atoms with Crippen LogP contribution in [0.25, 0.3) is 0 Å². The summed E-state index contributed by atoms with van der Waals surface area (Å²) in [6.07, 6.45) is 0. The summed E-state index contributed by atoms with van der Waals surface area (Å²) in [5.74, 6) is -0.486. The van der Waals surface area contributed by atoms with Crippen molar-refractivity contribution in [3.05, 3.63) is 23.3 Å². The first-order chi connectivity index (χ1) is 7.13. The fourth-order valence-corrected chi connectivity index (χ4v) is 1.30. The Morgan fingerprint density at radius 2 is 2.07 bits per heavy atom. The summed E-state index contributed by atoms with van der Waals surface area (Å²) in [5, 5.41) is 8.96. The van der Waals surface area contributed by atoms with Gasteiger partial charge in [0.1, 0.15) is 5.56 Å². The highest BCUT2D eigenvalue weighted by atomic mass is 16.5. The van der Waals surface area contributed by atoms with Crippen molar-refractivity contribution >= 4 is 5.97 Å². The van der Waals surface area contributed by atoms with Crippen molar-refractivity contribution in [3.63, 3.8) is 0 Å². The van der Waals surface area contributed by atoms with E-state index in [1.165, 1.54) is 20.3 Å². The number of nitrogens with two attached hydrogens (primary N) is 1. The van der Waals surface area contributed by atoms with E-state index in [0.717, 1.165) is 0 Å². The number of carboxylic acids is 1. The lowest BCUT2D eigenvalue weighted by Gasteiger charge is -2.11. The van der Waals surface area contributed by atoms with E-state index in [4.69, 9.17) is 20.3 Å². The van der Waals surface area contributed by atoms with Crippen LogP contribution >= 0.6 is 0 Å². The first-order valence-electron chi connectivity index (χ1n) is 4.32. The van der Waals surface area contributed by atoms with Crippen molar-refractivity contribution in [1.29, 1.82) is 0 Å². The summed E-state index contributed by atoms with van der Waals surface area (Å²) in [6, 6.07) is 3.13. The smallest absolute Gasteiger partial charge is 0.339 e. The average Bonchev–Trinajstić information content (AvgIpc) is 2.26. The largest absolute Gasteiger partial charge is 0.493 e. The van der Waals surface area contributed by atoms with Gasteiger partial charge in [0.25, 0.3) is 0 Å². The molecule has 0 atom stereocenters. The minimum Gasteiger partial charge on any atom is -0.493 e. The van der Waals surface area contributed by atoms with Gasteiger partial charge in [-0.1, -0.05) is 0 Å². The van der Waals surface area contributed by atoms with Crippen molar-refractivity contribution < 1.29 is 19.4 Å².